The summed E-state index contributed by atoms with van der Waals surface area (Å²) >= 11 is 3.76. The second kappa shape index (κ2) is 4.39. The van der Waals surface area contributed by atoms with Gasteiger partial charge in [0.15, 0.2) is 0 Å². The number of esters is 1. The number of hydrogen-bond acceptors (Lipinski definition) is 3. The van der Waals surface area contributed by atoms with E-state index in [1.54, 1.807) is 6.92 Å². The second-order valence-corrected chi connectivity index (χ2v) is 2.50. The Kier molecular flexibility index (Phi) is 4.19. The van der Waals surface area contributed by atoms with Gasteiger partial charge in [-0.2, -0.15) is 12.6 Å². The largest absolute Gasteiger partial charge is 0.431 e. The van der Waals surface area contributed by atoms with Crippen LogP contribution in [0.3, 0.4) is 0 Å². The van der Waals surface area contributed by atoms with Crippen molar-refractivity contribution in [1.29, 1.82) is 0 Å². The van der Waals surface area contributed by atoms with Crippen molar-refractivity contribution >= 4 is 18.6 Å². The first kappa shape index (κ1) is 9.56. The first-order valence-electron chi connectivity index (χ1n) is 3.03. The van der Waals surface area contributed by atoms with Crippen LogP contribution in [-0.4, -0.2) is 11.7 Å². The molecule has 0 N–H and O–H groups in total. The molecule has 0 aromatic carbocycles. The third kappa shape index (κ3) is 3.56. The molecule has 0 unspecified atom stereocenters. The van der Waals surface area contributed by atoms with Gasteiger partial charge in [0.05, 0.1) is 5.75 Å². The molecule has 0 atom stereocenters. The summed E-state index contributed by atoms with van der Waals surface area (Å²) in [6, 6.07) is 0. The van der Waals surface area contributed by atoms with E-state index in [4.69, 9.17) is 4.74 Å². The fraction of sp³-hybridized carbons (Fsp3) is 0.571. The first-order valence-corrected chi connectivity index (χ1v) is 3.66. The van der Waals surface area contributed by atoms with E-state index < -0.39 is 0 Å². The zero-order valence-electron chi connectivity index (χ0n) is 6.47. The van der Waals surface area contributed by atoms with Crippen molar-refractivity contribution in [3.63, 3.8) is 0 Å². The van der Waals surface area contributed by atoms with Crippen LogP contribution in [-0.2, 0) is 9.53 Å². The molecule has 0 saturated heterocycles. The van der Waals surface area contributed by atoms with Crippen molar-refractivity contribution in [2.45, 2.75) is 20.8 Å². The number of carbonyl (C=O) groups is 1. The molecule has 58 valence electrons. The lowest BCUT2D eigenvalue weighted by Gasteiger charge is -2.02. The van der Waals surface area contributed by atoms with Crippen LogP contribution in [0.25, 0.3) is 0 Å². The van der Waals surface area contributed by atoms with Crippen LogP contribution in [0.5, 0.6) is 0 Å². The smallest absolute Gasteiger partial charge is 0.320 e. The van der Waals surface area contributed by atoms with E-state index in [0.717, 1.165) is 5.57 Å². The number of ether oxygens (including phenoxy) is 1. The average Bonchev–Trinajstić information content (AvgIpc) is 1.87. The molecule has 0 radical (unpaired) electrons. The van der Waals surface area contributed by atoms with E-state index in [1.807, 2.05) is 13.8 Å². The number of allylic oxidation sites excluding steroid dienone is 2. The highest BCUT2D eigenvalue weighted by atomic mass is 32.1. The number of thiol groups is 1. The van der Waals surface area contributed by atoms with E-state index >= 15 is 0 Å². The average molecular weight is 160 g/mol. The van der Waals surface area contributed by atoms with Gasteiger partial charge in [0.2, 0.25) is 0 Å². The van der Waals surface area contributed by atoms with Crippen LogP contribution in [0.2, 0.25) is 0 Å². The Morgan fingerprint density at radius 2 is 1.90 bits per heavy atom. The normalized spacial score (nSPS) is 8.80. The Balaban J connectivity index is 3.92. The lowest BCUT2D eigenvalue weighted by Crippen LogP contribution is -2.04. The summed E-state index contributed by atoms with van der Waals surface area (Å²) in [7, 11) is 0. The van der Waals surface area contributed by atoms with Crippen molar-refractivity contribution in [2.75, 3.05) is 5.75 Å². The van der Waals surface area contributed by atoms with Gasteiger partial charge < -0.3 is 4.74 Å². The van der Waals surface area contributed by atoms with E-state index in [-0.39, 0.29) is 11.7 Å². The molecule has 0 aromatic heterocycles. The summed E-state index contributed by atoms with van der Waals surface area (Å²) in [6.07, 6.45) is 0. The van der Waals surface area contributed by atoms with Gasteiger partial charge >= 0.3 is 5.97 Å². The van der Waals surface area contributed by atoms with E-state index in [1.165, 1.54) is 0 Å². The molecule has 0 bridgehead atoms. The third-order valence-electron chi connectivity index (χ3n) is 1.10. The minimum atomic E-state index is -0.304. The fourth-order valence-corrected chi connectivity index (χ4v) is 0.370. The molecule has 0 amide bonds. The van der Waals surface area contributed by atoms with Crippen LogP contribution in [0, 0.1) is 0 Å². The minimum absolute atomic E-state index is 0.130. The van der Waals surface area contributed by atoms with Gasteiger partial charge in [0.25, 0.3) is 0 Å². The molecule has 0 heterocycles. The molecule has 2 nitrogen and oxygen atoms in total. The highest BCUT2D eigenvalue weighted by Gasteiger charge is 2.00. The van der Waals surface area contributed by atoms with Gasteiger partial charge in [-0.25, -0.2) is 0 Å². The predicted molar refractivity (Wildman–Crippen MR) is 44.0 cm³/mol. The monoisotopic (exact) mass is 160 g/mol. The van der Waals surface area contributed by atoms with Gasteiger partial charge in [-0.1, -0.05) is 0 Å². The van der Waals surface area contributed by atoms with Crippen molar-refractivity contribution in [2.24, 2.45) is 0 Å². The lowest BCUT2D eigenvalue weighted by molar-refractivity contribution is -0.136. The molecule has 0 fully saturated rings. The van der Waals surface area contributed by atoms with Crippen molar-refractivity contribution in [1.82, 2.24) is 0 Å². The van der Waals surface area contributed by atoms with Gasteiger partial charge in [0, 0.05) is 0 Å². The van der Waals surface area contributed by atoms with Crippen LogP contribution in [0.15, 0.2) is 11.3 Å². The number of carbonyl (C=O) groups excluding carboxylic acids is 1. The quantitative estimate of drug-likeness (QED) is 0.378. The molecular weight excluding hydrogens is 148 g/mol. The SMILES string of the molecule is CC(C)=C(C)OC(=O)CS. The number of hydrogen-bond donors (Lipinski definition) is 1. The Morgan fingerprint density at radius 1 is 1.40 bits per heavy atom. The molecule has 0 aromatic rings. The third-order valence-corrected chi connectivity index (χ3v) is 1.36. The summed E-state index contributed by atoms with van der Waals surface area (Å²) < 4.78 is 4.83. The van der Waals surface area contributed by atoms with Gasteiger partial charge in [-0.15, -0.1) is 0 Å². The Hall–Kier alpha value is -0.440. The maximum atomic E-state index is 10.6. The molecule has 10 heavy (non-hydrogen) atoms. The standard InChI is InChI=1S/C7H12O2S/c1-5(2)6(3)9-7(8)4-10/h10H,4H2,1-3H3. The molecule has 0 saturated carbocycles. The van der Waals surface area contributed by atoms with Crippen molar-refractivity contribution < 1.29 is 9.53 Å². The molecule has 3 heteroatoms. The van der Waals surface area contributed by atoms with Crippen LogP contribution in [0.4, 0.5) is 0 Å². The van der Waals surface area contributed by atoms with E-state index in [9.17, 15) is 4.79 Å². The summed E-state index contributed by atoms with van der Waals surface area (Å²) in [5.41, 5.74) is 1.01. The summed E-state index contributed by atoms with van der Waals surface area (Å²) in [5, 5.41) is 0. The molecule has 0 rings (SSSR count). The highest BCUT2D eigenvalue weighted by molar-refractivity contribution is 7.81. The Bertz CT molecular complexity index is 157. The van der Waals surface area contributed by atoms with Crippen LogP contribution < -0.4 is 0 Å². The molecular formula is C7H12O2S. The van der Waals surface area contributed by atoms with Crippen LogP contribution in [0.1, 0.15) is 20.8 Å². The van der Waals surface area contributed by atoms with Crippen molar-refractivity contribution in [3.8, 4) is 0 Å². The second-order valence-electron chi connectivity index (χ2n) is 2.19. The summed E-state index contributed by atoms with van der Waals surface area (Å²) in [6.45, 7) is 5.54. The zero-order valence-corrected chi connectivity index (χ0v) is 7.37. The van der Waals surface area contributed by atoms with Crippen molar-refractivity contribution in [3.05, 3.63) is 11.3 Å². The molecule has 0 aliphatic rings. The summed E-state index contributed by atoms with van der Waals surface area (Å²) in [5.74, 6) is 0.492. The zero-order chi connectivity index (χ0) is 8.15. The molecule has 0 aliphatic heterocycles. The lowest BCUT2D eigenvalue weighted by atomic mass is 10.3. The van der Waals surface area contributed by atoms with Gasteiger partial charge in [-0.3, -0.25) is 4.79 Å². The first-order chi connectivity index (χ1) is 4.57. The maximum Gasteiger partial charge on any atom is 0.320 e. The molecule has 0 aliphatic carbocycles. The van der Waals surface area contributed by atoms with E-state index in [0.29, 0.717) is 5.76 Å². The van der Waals surface area contributed by atoms with Crippen LogP contribution >= 0.6 is 12.6 Å². The Morgan fingerprint density at radius 3 is 2.20 bits per heavy atom. The number of rotatable bonds is 2. The highest BCUT2D eigenvalue weighted by Crippen LogP contribution is 2.03. The maximum absolute atomic E-state index is 10.6. The van der Waals surface area contributed by atoms with Gasteiger partial charge in [-0.05, 0) is 26.3 Å². The predicted octanol–water partition coefficient (Wildman–Crippen LogP) is 1.77. The fourth-order valence-electron chi connectivity index (χ4n) is 0.305. The molecule has 0 spiro atoms. The minimum Gasteiger partial charge on any atom is -0.431 e. The Labute approximate surface area is 66.7 Å². The topological polar surface area (TPSA) is 26.3 Å². The van der Waals surface area contributed by atoms with E-state index in [2.05, 4.69) is 12.6 Å². The summed E-state index contributed by atoms with van der Waals surface area (Å²) in [4.78, 5) is 10.6. The van der Waals surface area contributed by atoms with Gasteiger partial charge in [0.1, 0.15) is 5.76 Å².